The lowest BCUT2D eigenvalue weighted by Gasteiger charge is -2.06. The molecule has 4 nitrogen and oxygen atoms in total. The fourth-order valence-electron chi connectivity index (χ4n) is 2.07. The molecule has 126 valence electrons. The summed E-state index contributed by atoms with van der Waals surface area (Å²) in [7, 11) is 0. The van der Waals surface area contributed by atoms with E-state index in [2.05, 4.69) is 17.4 Å². The Hall–Kier alpha value is -2.27. The number of benzene rings is 2. The lowest BCUT2D eigenvalue weighted by molar-refractivity contribution is -0.116. The molecule has 2 aromatic carbocycles. The quantitative estimate of drug-likeness (QED) is 0.439. The zero-order valence-electron chi connectivity index (χ0n) is 13.7. The molecule has 0 saturated carbocycles. The smallest absolute Gasteiger partial charge is 0.338 e. The molecule has 0 aliphatic heterocycles. The molecule has 0 atom stereocenters. The van der Waals surface area contributed by atoms with Gasteiger partial charge in [-0.05, 0) is 55.5 Å². The molecule has 5 heteroatoms. The molecule has 0 saturated heterocycles. The predicted octanol–water partition coefficient (Wildman–Crippen LogP) is 4.37. The largest absolute Gasteiger partial charge is 0.462 e. The Kier molecular flexibility index (Phi) is 7.36. The molecule has 0 aliphatic rings. The van der Waals surface area contributed by atoms with E-state index in [1.807, 2.05) is 18.2 Å². The number of carbonyl (C=O) groups is 2. The highest BCUT2D eigenvalue weighted by atomic mass is 32.2. The topological polar surface area (TPSA) is 55.4 Å². The summed E-state index contributed by atoms with van der Waals surface area (Å²) < 4.78 is 4.92. The Morgan fingerprint density at radius 2 is 1.75 bits per heavy atom. The van der Waals surface area contributed by atoms with Crippen LogP contribution in [0.25, 0.3) is 0 Å². The highest BCUT2D eigenvalue weighted by Crippen LogP contribution is 2.18. The first-order chi connectivity index (χ1) is 11.7. The molecule has 0 unspecified atom stereocenters. The van der Waals surface area contributed by atoms with Gasteiger partial charge in [0.2, 0.25) is 5.91 Å². The van der Waals surface area contributed by atoms with Crippen LogP contribution in [0, 0.1) is 0 Å². The van der Waals surface area contributed by atoms with Crippen molar-refractivity contribution in [3.8, 4) is 0 Å². The average Bonchev–Trinajstić information content (AvgIpc) is 2.60. The first-order valence-electron chi connectivity index (χ1n) is 7.94. The van der Waals surface area contributed by atoms with Crippen molar-refractivity contribution in [3.05, 3.63) is 60.2 Å². The van der Waals surface area contributed by atoms with Gasteiger partial charge in [0.15, 0.2) is 0 Å². The summed E-state index contributed by atoms with van der Waals surface area (Å²) in [5.41, 5.74) is 1.16. The van der Waals surface area contributed by atoms with Gasteiger partial charge in [0.25, 0.3) is 0 Å². The molecule has 2 aromatic rings. The molecule has 0 spiro atoms. The van der Waals surface area contributed by atoms with E-state index >= 15 is 0 Å². The number of anilines is 1. The minimum Gasteiger partial charge on any atom is -0.462 e. The van der Waals surface area contributed by atoms with Crippen LogP contribution in [0.5, 0.6) is 0 Å². The molecule has 0 bridgehead atoms. The van der Waals surface area contributed by atoms with Crippen molar-refractivity contribution >= 4 is 29.3 Å². The van der Waals surface area contributed by atoms with E-state index in [4.69, 9.17) is 4.74 Å². The van der Waals surface area contributed by atoms with Crippen LogP contribution in [0.4, 0.5) is 5.69 Å². The molecule has 24 heavy (non-hydrogen) atoms. The molecular formula is C19H21NO3S. The van der Waals surface area contributed by atoms with Gasteiger partial charge in [0, 0.05) is 17.0 Å². The summed E-state index contributed by atoms with van der Waals surface area (Å²) in [6.07, 6.45) is 1.28. The molecule has 2 rings (SSSR count). The van der Waals surface area contributed by atoms with E-state index in [-0.39, 0.29) is 11.9 Å². The number of hydrogen-bond donors (Lipinski definition) is 1. The summed E-state index contributed by atoms with van der Waals surface area (Å²) in [5, 5.41) is 2.84. The summed E-state index contributed by atoms with van der Waals surface area (Å²) in [6, 6.07) is 16.9. The minimum absolute atomic E-state index is 0.0208. The zero-order valence-corrected chi connectivity index (χ0v) is 14.5. The van der Waals surface area contributed by atoms with E-state index in [0.717, 1.165) is 12.2 Å². The molecule has 0 aromatic heterocycles. The predicted molar refractivity (Wildman–Crippen MR) is 97.4 cm³/mol. The van der Waals surface area contributed by atoms with Gasteiger partial charge in [0.05, 0.1) is 12.2 Å². The highest BCUT2D eigenvalue weighted by molar-refractivity contribution is 7.99. The Bertz CT molecular complexity index is 656. The second-order valence-electron chi connectivity index (χ2n) is 5.11. The minimum atomic E-state index is -0.353. The summed E-state index contributed by atoms with van der Waals surface area (Å²) >= 11 is 1.75. The molecule has 0 heterocycles. The third-order valence-corrected chi connectivity index (χ3v) is 4.34. The fourth-order valence-corrected chi connectivity index (χ4v) is 2.94. The summed E-state index contributed by atoms with van der Waals surface area (Å²) in [4.78, 5) is 24.7. The van der Waals surface area contributed by atoms with E-state index in [1.165, 1.54) is 4.90 Å². The van der Waals surface area contributed by atoms with Crippen molar-refractivity contribution in [3.63, 3.8) is 0 Å². The van der Waals surface area contributed by atoms with Gasteiger partial charge < -0.3 is 10.1 Å². The number of carbonyl (C=O) groups excluding carboxylic acids is 2. The van der Waals surface area contributed by atoms with E-state index < -0.39 is 0 Å². The van der Waals surface area contributed by atoms with Crippen LogP contribution < -0.4 is 5.32 Å². The van der Waals surface area contributed by atoms with Crippen molar-refractivity contribution in [2.45, 2.75) is 24.7 Å². The molecule has 0 radical (unpaired) electrons. The van der Waals surface area contributed by atoms with Crippen LogP contribution in [0.2, 0.25) is 0 Å². The van der Waals surface area contributed by atoms with Crippen molar-refractivity contribution in [1.82, 2.24) is 0 Å². The van der Waals surface area contributed by atoms with Gasteiger partial charge in [-0.15, -0.1) is 11.8 Å². The second kappa shape index (κ2) is 9.78. The van der Waals surface area contributed by atoms with Gasteiger partial charge in [0.1, 0.15) is 0 Å². The lowest BCUT2D eigenvalue weighted by Crippen LogP contribution is -2.12. The Morgan fingerprint density at radius 3 is 2.42 bits per heavy atom. The van der Waals surface area contributed by atoms with Crippen molar-refractivity contribution in [1.29, 1.82) is 0 Å². The van der Waals surface area contributed by atoms with Crippen molar-refractivity contribution < 1.29 is 14.3 Å². The summed E-state index contributed by atoms with van der Waals surface area (Å²) in [6.45, 7) is 2.11. The van der Waals surface area contributed by atoms with E-state index in [9.17, 15) is 9.59 Å². The molecular weight excluding hydrogens is 322 g/mol. The number of nitrogens with one attached hydrogen (secondary N) is 1. The first-order valence-corrected chi connectivity index (χ1v) is 8.92. The number of thioether (sulfide) groups is 1. The van der Waals surface area contributed by atoms with Crippen LogP contribution in [0.3, 0.4) is 0 Å². The highest BCUT2D eigenvalue weighted by Gasteiger charge is 2.07. The molecule has 1 N–H and O–H groups in total. The zero-order chi connectivity index (χ0) is 17.2. The maximum atomic E-state index is 11.9. The monoisotopic (exact) mass is 343 g/mol. The third-order valence-electron chi connectivity index (χ3n) is 3.24. The van der Waals surface area contributed by atoms with Crippen LogP contribution in [0.1, 0.15) is 30.1 Å². The van der Waals surface area contributed by atoms with E-state index in [0.29, 0.717) is 24.3 Å². The Labute approximate surface area is 146 Å². The van der Waals surface area contributed by atoms with Gasteiger partial charge in [-0.25, -0.2) is 4.79 Å². The number of esters is 1. The van der Waals surface area contributed by atoms with E-state index in [1.54, 1.807) is 43.0 Å². The second-order valence-corrected chi connectivity index (χ2v) is 6.28. The fraction of sp³-hybridized carbons (Fsp3) is 0.263. The molecule has 0 aliphatic carbocycles. The van der Waals surface area contributed by atoms with Crippen LogP contribution in [0.15, 0.2) is 59.5 Å². The van der Waals surface area contributed by atoms with Crippen LogP contribution >= 0.6 is 11.8 Å². The molecule has 1 amide bonds. The Morgan fingerprint density at radius 1 is 1.04 bits per heavy atom. The SMILES string of the molecule is CCOC(=O)c1ccc(NC(=O)CCCSc2ccccc2)cc1. The van der Waals surface area contributed by atoms with Crippen LogP contribution in [-0.2, 0) is 9.53 Å². The van der Waals surface area contributed by atoms with Crippen molar-refractivity contribution in [2.75, 3.05) is 17.7 Å². The maximum absolute atomic E-state index is 11.9. The van der Waals surface area contributed by atoms with Gasteiger partial charge in [-0.3, -0.25) is 4.79 Å². The van der Waals surface area contributed by atoms with Gasteiger partial charge in [-0.2, -0.15) is 0 Å². The van der Waals surface area contributed by atoms with Gasteiger partial charge >= 0.3 is 5.97 Å². The number of hydrogen-bond acceptors (Lipinski definition) is 4. The number of ether oxygens (including phenoxy) is 1. The number of amides is 1. The maximum Gasteiger partial charge on any atom is 0.338 e. The van der Waals surface area contributed by atoms with Crippen molar-refractivity contribution in [2.24, 2.45) is 0 Å². The Balaban J connectivity index is 1.71. The standard InChI is InChI=1S/C19H21NO3S/c1-2-23-19(22)15-10-12-16(13-11-15)20-18(21)9-6-14-24-17-7-4-3-5-8-17/h3-5,7-8,10-13H,2,6,9,14H2,1H3,(H,20,21). The molecule has 0 fully saturated rings. The summed E-state index contributed by atoms with van der Waals surface area (Å²) in [5.74, 6) is 0.528. The lowest BCUT2D eigenvalue weighted by atomic mass is 10.2. The third kappa shape index (κ3) is 6.08. The van der Waals surface area contributed by atoms with Gasteiger partial charge in [-0.1, -0.05) is 18.2 Å². The normalized spacial score (nSPS) is 10.2. The first kappa shape index (κ1) is 18.1. The average molecular weight is 343 g/mol. The van der Waals surface area contributed by atoms with Crippen LogP contribution in [-0.4, -0.2) is 24.2 Å². The number of rotatable bonds is 8.